The lowest BCUT2D eigenvalue weighted by Gasteiger charge is -2.30. The summed E-state index contributed by atoms with van der Waals surface area (Å²) in [5, 5.41) is 8.22. The van der Waals surface area contributed by atoms with Gasteiger partial charge in [0, 0.05) is 27.6 Å². The van der Waals surface area contributed by atoms with Crippen molar-refractivity contribution in [1.82, 2.24) is 10.2 Å². The van der Waals surface area contributed by atoms with Crippen molar-refractivity contribution < 1.29 is 38.2 Å². The van der Waals surface area contributed by atoms with E-state index in [2.05, 4.69) is 16.0 Å². The normalized spacial score (nSPS) is 13.2. The summed E-state index contributed by atoms with van der Waals surface area (Å²) in [7, 11) is 2.83. The number of esters is 1. The van der Waals surface area contributed by atoms with Crippen LogP contribution >= 0.6 is 23.1 Å². The average molecular weight is 771 g/mol. The van der Waals surface area contributed by atoms with Gasteiger partial charge in [0.25, 0.3) is 11.8 Å². The molecule has 0 aliphatic carbocycles. The zero-order valence-electron chi connectivity index (χ0n) is 30.8. The molecule has 4 aromatic rings. The third-order valence-electron chi connectivity index (χ3n) is 8.04. The molecule has 0 spiro atoms. The Labute approximate surface area is 322 Å². The van der Waals surface area contributed by atoms with Crippen molar-refractivity contribution in [3.63, 3.8) is 0 Å². The van der Waals surface area contributed by atoms with Crippen LogP contribution in [0.1, 0.15) is 64.4 Å². The van der Waals surface area contributed by atoms with Gasteiger partial charge in [-0.2, -0.15) is 0 Å². The minimum atomic E-state index is -0.653. The number of benzene rings is 3. The molecular formula is C40H42N4O8S2. The summed E-state index contributed by atoms with van der Waals surface area (Å²) in [4.78, 5) is 68.9. The quantitative estimate of drug-likeness (QED) is 0.0807. The van der Waals surface area contributed by atoms with Crippen LogP contribution in [0.15, 0.2) is 89.5 Å². The first-order chi connectivity index (χ1) is 25.7. The van der Waals surface area contributed by atoms with Gasteiger partial charge in [-0.25, -0.2) is 9.59 Å². The number of nitrogens with zero attached hydrogens (tertiary/aromatic N) is 1. The lowest BCUT2D eigenvalue weighted by molar-refractivity contribution is -0.115. The molecule has 54 heavy (non-hydrogen) atoms. The molecule has 0 fully saturated rings. The number of nitrogens with one attached hydrogen (secondary N) is 3. The van der Waals surface area contributed by atoms with Crippen LogP contribution in [0.3, 0.4) is 0 Å². The van der Waals surface area contributed by atoms with E-state index in [-0.39, 0.29) is 23.7 Å². The van der Waals surface area contributed by atoms with Gasteiger partial charge in [0.15, 0.2) is 0 Å². The second-order valence-electron chi connectivity index (χ2n) is 13.2. The number of thiophene rings is 1. The molecular weight excluding hydrogens is 729 g/mol. The van der Waals surface area contributed by atoms with Crippen molar-refractivity contribution in [1.29, 1.82) is 0 Å². The van der Waals surface area contributed by atoms with Gasteiger partial charge < -0.3 is 35.1 Å². The number of hydrogen-bond acceptors (Lipinski definition) is 10. The summed E-state index contributed by atoms with van der Waals surface area (Å²) in [5.41, 5.74) is 1.85. The van der Waals surface area contributed by atoms with Gasteiger partial charge in [-0.3, -0.25) is 14.4 Å². The molecule has 0 bridgehead atoms. The zero-order valence-corrected chi connectivity index (χ0v) is 32.4. The molecule has 1 unspecified atom stereocenters. The van der Waals surface area contributed by atoms with Crippen molar-refractivity contribution in [2.24, 2.45) is 0 Å². The smallest absolute Gasteiger partial charge is 0.410 e. The molecule has 5 rings (SSSR count). The van der Waals surface area contributed by atoms with Gasteiger partial charge in [0.05, 0.1) is 31.6 Å². The molecule has 0 radical (unpaired) electrons. The van der Waals surface area contributed by atoms with E-state index in [0.717, 1.165) is 10.4 Å². The average Bonchev–Trinajstić information content (AvgIpc) is 3.51. The Morgan fingerprint density at radius 2 is 1.67 bits per heavy atom. The number of fused-ring (bicyclic) bond motifs is 1. The predicted molar refractivity (Wildman–Crippen MR) is 210 cm³/mol. The summed E-state index contributed by atoms with van der Waals surface area (Å²) in [6.07, 6.45) is 1.51. The topological polar surface area (TPSA) is 152 Å². The SMILES string of the molecule is COC(=O)c1c(NC(=O)C(C)Sc2cccc(NC(=O)/C(=C/c3cccc(OC)c3)NC(=O)c3ccccc3)c2)sc2c1CCN(C(=O)OC(C)(C)C)C2. The first kappa shape index (κ1) is 39.6. The van der Waals surface area contributed by atoms with Crippen molar-refractivity contribution in [3.8, 4) is 5.75 Å². The molecule has 1 aromatic heterocycles. The Kier molecular flexibility index (Phi) is 12.8. The van der Waals surface area contributed by atoms with Gasteiger partial charge >= 0.3 is 12.1 Å². The van der Waals surface area contributed by atoms with Crippen LogP contribution in [-0.2, 0) is 32.0 Å². The maximum atomic E-state index is 13.6. The number of hydrogen-bond donors (Lipinski definition) is 3. The number of methoxy groups -OCH3 is 2. The van der Waals surface area contributed by atoms with E-state index >= 15 is 0 Å². The predicted octanol–water partition coefficient (Wildman–Crippen LogP) is 7.37. The van der Waals surface area contributed by atoms with E-state index < -0.39 is 34.7 Å². The fourth-order valence-electron chi connectivity index (χ4n) is 5.45. The number of rotatable bonds is 11. The van der Waals surface area contributed by atoms with Gasteiger partial charge in [0.2, 0.25) is 5.91 Å². The molecule has 3 N–H and O–H groups in total. The number of ether oxygens (including phenoxy) is 3. The summed E-state index contributed by atoms with van der Waals surface area (Å²) in [5.74, 6) is -1.35. The fraction of sp³-hybridized carbons (Fsp3) is 0.275. The van der Waals surface area contributed by atoms with E-state index in [0.29, 0.717) is 45.4 Å². The van der Waals surface area contributed by atoms with E-state index in [9.17, 15) is 24.0 Å². The van der Waals surface area contributed by atoms with E-state index in [1.165, 1.54) is 30.2 Å². The molecule has 1 aliphatic rings. The van der Waals surface area contributed by atoms with Crippen LogP contribution in [0, 0.1) is 0 Å². The summed E-state index contributed by atoms with van der Waals surface area (Å²) in [6.45, 7) is 7.72. The van der Waals surface area contributed by atoms with E-state index in [4.69, 9.17) is 14.2 Å². The van der Waals surface area contributed by atoms with Crippen molar-refractivity contribution in [3.05, 3.63) is 112 Å². The van der Waals surface area contributed by atoms with Crippen molar-refractivity contribution in [2.75, 3.05) is 31.4 Å². The summed E-state index contributed by atoms with van der Waals surface area (Å²) < 4.78 is 15.9. The lowest BCUT2D eigenvalue weighted by atomic mass is 10.0. The van der Waals surface area contributed by atoms with Gasteiger partial charge in [-0.1, -0.05) is 36.4 Å². The number of anilines is 2. The van der Waals surface area contributed by atoms with Gasteiger partial charge in [-0.05, 0) is 93.8 Å². The molecule has 0 saturated carbocycles. The number of carbonyl (C=O) groups is 5. The molecule has 0 saturated heterocycles. The molecule has 1 aliphatic heterocycles. The fourth-order valence-corrected chi connectivity index (χ4v) is 7.63. The molecule has 2 heterocycles. The molecule has 3 aromatic carbocycles. The largest absolute Gasteiger partial charge is 0.497 e. The maximum absolute atomic E-state index is 13.6. The maximum Gasteiger partial charge on any atom is 0.410 e. The van der Waals surface area contributed by atoms with Crippen LogP contribution in [0.2, 0.25) is 0 Å². The third-order valence-corrected chi connectivity index (χ3v) is 10.3. The van der Waals surface area contributed by atoms with Crippen molar-refractivity contribution >= 4 is 69.6 Å². The van der Waals surface area contributed by atoms with Crippen molar-refractivity contribution in [2.45, 2.75) is 56.4 Å². The second kappa shape index (κ2) is 17.5. The van der Waals surface area contributed by atoms with Crippen LogP contribution in [0.4, 0.5) is 15.5 Å². The highest BCUT2D eigenvalue weighted by atomic mass is 32.2. The van der Waals surface area contributed by atoms with E-state index in [1.54, 1.807) is 119 Å². The summed E-state index contributed by atoms with van der Waals surface area (Å²) >= 11 is 2.49. The zero-order chi connectivity index (χ0) is 39.0. The van der Waals surface area contributed by atoms with Crippen LogP contribution in [0.25, 0.3) is 6.08 Å². The highest BCUT2D eigenvalue weighted by molar-refractivity contribution is 8.00. The second-order valence-corrected chi connectivity index (χ2v) is 15.8. The minimum Gasteiger partial charge on any atom is -0.497 e. The monoisotopic (exact) mass is 770 g/mol. The summed E-state index contributed by atoms with van der Waals surface area (Å²) in [6, 6.07) is 22.6. The minimum absolute atomic E-state index is 0.0113. The highest BCUT2D eigenvalue weighted by Crippen LogP contribution is 2.39. The lowest BCUT2D eigenvalue weighted by Crippen LogP contribution is -2.39. The highest BCUT2D eigenvalue weighted by Gasteiger charge is 2.33. The Morgan fingerprint density at radius 3 is 2.37 bits per heavy atom. The van der Waals surface area contributed by atoms with Crippen LogP contribution in [-0.4, -0.2) is 66.3 Å². The third kappa shape index (κ3) is 10.3. The first-order valence-electron chi connectivity index (χ1n) is 17.1. The molecule has 14 heteroatoms. The Hall–Kier alpha value is -5.60. The standard InChI is InChI=1S/C40H42N4O8S2/c1-24(34(45)43-37-33(38(48)51-6)30-18-19-44(23-32(30)54-37)39(49)52-40(2,3)4)53-29-17-11-15-27(22-29)41-36(47)31(21-25-12-10-16-28(20-25)50-5)42-35(46)26-13-8-7-9-14-26/h7-17,20-22,24H,18-19,23H2,1-6H3,(H,41,47)(H,42,46)(H,43,45)/b31-21-. The molecule has 282 valence electrons. The van der Waals surface area contributed by atoms with Crippen LogP contribution in [0.5, 0.6) is 5.75 Å². The number of thioether (sulfide) groups is 1. The van der Waals surface area contributed by atoms with Crippen LogP contribution < -0.4 is 20.7 Å². The molecule has 4 amide bonds. The first-order valence-corrected chi connectivity index (χ1v) is 18.8. The molecule has 12 nitrogen and oxygen atoms in total. The number of amides is 4. The van der Waals surface area contributed by atoms with Gasteiger partial charge in [0.1, 0.15) is 22.0 Å². The van der Waals surface area contributed by atoms with Gasteiger partial charge in [-0.15, -0.1) is 23.1 Å². The van der Waals surface area contributed by atoms with E-state index in [1.807, 2.05) is 6.07 Å². The Morgan fingerprint density at radius 1 is 0.926 bits per heavy atom. The number of carbonyl (C=O) groups excluding carboxylic acids is 5. The molecule has 1 atom stereocenters. The Balaban J connectivity index is 1.29. The Bertz CT molecular complexity index is 2070.